The molecule has 1 aromatic carbocycles. The molecule has 7 heteroatoms. The molecule has 0 atom stereocenters. The highest BCUT2D eigenvalue weighted by Gasteiger charge is 2.10. The second-order valence-electron chi connectivity index (χ2n) is 5.74. The number of hydrogen-bond acceptors (Lipinski definition) is 6. The lowest BCUT2D eigenvalue weighted by Gasteiger charge is -2.09. The minimum Gasteiger partial charge on any atom is -0.316 e. The van der Waals surface area contributed by atoms with E-state index in [-0.39, 0.29) is 0 Å². The zero-order chi connectivity index (χ0) is 17.8. The zero-order valence-corrected chi connectivity index (χ0v) is 14.2. The minimum atomic E-state index is 0.478. The molecule has 0 unspecified atom stereocenters. The van der Waals surface area contributed by atoms with Crippen LogP contribution < -0.4 is 5.32 Å². The molecule has 0 aliphatic carbocycles. The van der Waals surface area contributed by atoms with Crippen LogP contribution in [0.2, 0.25) is 0 Å². The maximum atomic E-state index is 4.42. The summed E-state index contributed by atoms with van der Waals surface area (Å²) in [5, 5.41) is 15.9. The fraction of sp³-hybridized carbons (Fsp3) is 0.105. The van der Waals surface area contributed by atoms with Crippen LogP contribution in [0.5, 0.6) is 0 Å². The SMILES string of the molecule is CNCc1ccccc1-c1cncc(-n2nnc(-c3ccccn3)n2)c1. The molecular weight excluding hydrogens is 326 g/mol. The lowest BCUT2D eigenvalue weighted by atomic mass is 10.0. The topological polar surface area (TPSA) is 81.4 Å². The van der Waals surface area contributed by atoms with Gasteiger partial charge < -0.3 is 5.32 Å². The molecule has 1 N–H and O–H groups in total. The Bertz CT molecular complexity index is 1010. The van der Waals surface area contributed by atoms with Gasteiger partial charge in [0.05, 0.1) is 6.20 Å². The van der Waals surface area contributed by atoms with Crippen LogP contribution in [0.15, 0.2) is 67.1 Å². The molecule has 0 bridgehead atoms. The van der Waals surface area contributed by atoms with E-state index in [1.54, 1.807) is 12.4 Å². The molecule has 3 aromatic heterocycles. The molecule has 3 heterocycles. The summed E-state index contributed by atoms with van der Waals surface area (Å²) < 4.78 is 0. The van der Waals surface area contributed by atoms with Gasteiger partial charge in [0.25, 0.3) is 0 Å². The van der Waals surface area contributed by atoms with Gasteiger partial charge in [-0.1, -0.05) is 30.3 Å². The first-order valence-corrected chi connectivity index (χ1v) is 8.25. The van der Waals surface area contributed by atoms with Crippen molar-refractivity contribution in [3.05, 3.63) is 72.7 Å². The predicted octanol–water partition coefficient (Wildman–Crippen LogP) is 2.51. The van der Waals surface area contributed by atoms with Crippen molar-refractivity contribution in [2.24, 2.45) is 0 Å². The van der Waals surface area contributed by atoms with Crippen molar-refractivity contribution in [2.45, 2.75) is 6.54 Å². The van der Waals surface area contributed by atoms with Gasteiger partial charge in [0, 0.05) is 24.5 Å². The lowest BCUT2D eigenvalue weighted by Crippen LogP contribution is -2.06. The Morgan fingerprint density at radius 2 is 1.92 bits per heavy atom. The molecule has 4 aromatic rings. The second kappa shape index (κ2) is 7.20. The van der Waals surface area contributed by atoms with E-state index >= 15 is 0 Å². The van der Waals surface area contributed by atoms with Gasteiger partial charge in [0.2, 0.25) is 5.82 Å². The van der Waals surface area contributed by atoms with Crippen LogP contribution >= 0.6 is 0 Å². The van der Waals surface area contributed by atoms with Gasteiger partial charge in [-0.15, -0.1) is 15.0 Å². The van der Waals surface area contributed by atoms with E-state index in [1.807, 2.05) is 49.6 Å². The van der Waals surface area contributed by atoms with E-state index in [4.69, 9.17) is 0 Å². The summed E-state index contributed by atoms with van der Waals surface area (Å²) in [7, 11) is 1.93. The number of hydrogen-bond donors (Lipinski definition) is 1. The molecule has 0 aliphatic heterocycles. The molecule has 7 nitrogen and oxygen atoms in total. The van der Waals surface area contributed by atoms with Gasteiger partial charge in [-0.3, -0.25) is 9.97 Å². The first kappa shape index (κ1) is 16.0. The summed E-state index contributed by atoms with van der Waals surface area (Å²) in [5.74, 6) is 0.478. The van der Waals surface area contributed by atoms with Crippen LogP contribution in [-0.4, -0.2) is 37.2 Å². The first-order valence-electron chi connectivity index (χ1n) is 8.25. The molecule has 26 heavy (non-hydrogen) atoms. The molecule has 128 valence electrons. The van der Waals surface area contributed by atoms with E-state index in [1.165, 1.54) is 10.4 Å². The normalized spacial score (nSPS) is 10.8. The number of nitrogens with one attached hydrogen (secondary N) is 1. The van der Waals surface area contributed by atoms with Gasteiger partial charge in [-0.2, -0.15) is 0 Å². The van der Waals surface area contributed by atoms with Gasteiger partial charge in [0.15, 0.2) is 0 Å². The van der Waals surface area contributed by atoms with Gasteiger partial charge in [-0.05, 0) is 41.6 Å². The van der Waals surface area contributed by atoms with Crippen molar-refractivity contribution in [3.8, 4) is 28.3 Å². The largest absolute Gasteiger partial charge is 0.316 e. The van der Waals surface area contributed by atoms with Crippen molar-refractivity contribution in [2.75, 3.05) is 7.05 Å². The average molecular weight is 343 g/mol. The summed E-state index contributed by atoms with van der Waals surface area (Å²) >= 11 is 0. The summed E-state index contributed by atoms with van der Waals surface area (Å²) in [5.41, 5.74) is 4.76. The van der Waals surface area contributed by atoms with Crippen molar-refractivity contribution >= 4 is 0 Å². The van der Waals surface area contributed by atoms with E-state index < -0.39 is 0 Å². The third-order valence-corrected chi connectivity index (χ3v) is 3.96. The monoisotopic (exact) mass is 343 g/mol. The summed E-state index contributed by atoms with van der Waals surface area (Å²) in [6, 6.07) is 15.8. The van der Waals surface area contributed by atoms with Gasteiger partial charge in [-0.25, -0.2) is 0 Å². The smallest absolute Gasteiger partial charge is 0.223 e. The maximum Gasteiger partial charge on any atom is 0.223 e. The predicted molar refractivity (Wildman–Crippen MR) is 98.4 cm³/mol. The average Bonchev–Trinajstić information content (AvgIpc) is 3.20. The molecule has 0 saturated carbocycles. The van der Waals surface area contributed by atoms with Crippen LogP contribution in [0.3, 0.4) is 0 Å². The first-order chi connectivity index (χ1) is 12.8. The summed E-state index contributed by atoms with van der Waals surface area (Å²) in [6.45, 7) is 0.784. The number of pyridine rings is 2. The Hall–Kier alpha value is -3.45. The Morgan fingerprint density at radius 3 is 2.77 bits per heavy atom. The number of tetrazole rings is 1. The number of nitrogens with zero attached hydrogens (tertiary/aromatic N) is 6. The Kier molecular flexibility index (Phi) is 4.44. The standard InChI is InChI=1S/C19H17N7/c1-20-11-14-6-2-3-7-17(14)15-10-16(13-21-12-15)26-24-19(23-25-26)18-8-4-5-9-22-18/h2-10,12-13,20H,11H2,1H3. The second-order valence-corrected chi connectivity index (χ2v) is 5.74. The van der Waals surface area contributed by atoms with E-state index in [2.05, 4.69) is 42.8 Å². The highest BCUT2D eigenvalue weighted by atomic mass is 15.6. The Balaban J connectivity index is 1.70. The van der Waals surface area contributed by atoms with Gasteiger partial charge in [0.1, 0.15) is 11.4 Å². The molecule has 0 amide bonds. The van der Waals surface area contributed by atoms with Crippen molar-refractivity contribution in [1.82, 2.24) is 35.5 Å². The lowest BCUT2D eigenvalue weighted by molar-refractivity contribution is 0.717. The summed E-state index contributed by atoms with van der Waals surface area (Å²) in [6.07, 6.45) is 5.26. The molecule has 4 rings (SSSR count). The summed E-state index contributed by atoms with van der Waals surface area (Å²) in [4.78, 5) is 10.1. The van der Waals surface area contributed by atoms with Crippen LogP contribution in [0.1, 0.15) is 5.56 Å². The molecule has 0 radical (unpaired) electrons. The van der Waals surface area contributed by atoms with Crippen molar-refractivity contribution in [1.29, 1.82) is 0 Å². The Labute approximate surface area is 150 Å². The van der Waals surface area contributed by atoms with E-state index in [9.17, 15) is 0 Å². The highest BCUT2D eigenvalue weighted by Crippen LogP contribution is 2.24. The fourth-order valence-electron chi connectivity index (χ4n) is 2.75. The maximum absolute atomic E-state index is 4.42. The van der Waals surface area contributed by atoms with E-state index in [0.29, 0.717) is 11.5 Å². The third kappa shape index (κ3) is 3.20. The van der Waals surface area contributed by atoms with Crippen LogP contribution in [0.25, 0.3) is 28.3 Å². The number of benzene rings is 1. The molecule has 0 aliphatic rings. The van der Waals surface area contributed by atoms with Crippen molar-refractivity contribution < 1.29 is 0 Å². The van der Waals surface area contributed by atoms with Crippen LogP contribution in [-0.2, 0) is 6.54 Å². The van der Waals surface area contributed by atoms with E-state index in [0.717, 1.165) is 23.4 Å². The molecule has 0 saturated heterocycles. The third-order valence-electron chi connectivity index (χ3n) is 3.96. The highest BCUT2D eigenvalue weighted by molar-refractivity contribution is 5.68. The number of rotatable bonds is 5. The minimum absolute atomic E-state index is 0.478. The van der Waals surface area contributed by atoms with Crippen molar-refractivity contribution in [3.63, 3.8) is 0 Å². The zero-order valence-electron chi connectivity index (χ0n) is 14.2. The number of aromatic nitrogens is 6. The Morgan fingerprint density at radius 1 is 1.04 bits per heavy atom. The van der Waals surface area contributed by atoms with Crippen LogP contribution in [0, 0.1) is 0 Å². The van der Waals surface area contributed by atoms with Gasteiger partial charge >= 0.3 is 0 Å². The fourth-order valence-corrected chi connectivity index (χ4v) is 2.75. The molecule has 0 fully saturated rings. The van der Waals surface area contributed by atoms with Crippen LogP contribution in [0.4, 0.5) is 0 Å². The molecule has 0 spiro atoms. The molecular formula is C19H17N7. The quantitative estimate of drug-likeness (QED) is 0.600.